The average molecular weight is 399 g/mol. The summed E-state index contributed by atoms with van der Waals surface area (Å²) in [5, 5.41) is 0.167. The second kappa shape index (κ2) is 8.77. The van der Waals surface area contributed by atoms with Gasteiger partial charge in [0, 0.05) is 12.1 Å². The van der Waals surface area contributed by atoms with Crippen molar-refractivity contribution < 1.29 is 28.5 Å². The molecule has 2 aliphatic heterocycles. The third-order valence-corrected chi connectivity index (χ3v) is 4.89. The van der Waals surface area contributed by atoms with Gasteiger partial charge < -0.3 is 29.6 Å². The normalized spacial score (nSPS) is 20.5. The monoisotopic (exact) mass is 398 g/mol. The van der Waals surface area contributed by atoms with Gasteiger partial charge in [0.05, 0.1) is 31.4 Å². The maximum Gasteiger partial charge on any atom is 0.255 e. The number of ether oxygens (including phenoxy) is 4. The minimum atomic E-state index is -0.638. The van der Waals surface area contributed by atoms with Gasteiger partial charge in [-0.05, 0) is 31.4 Å². The SMILES string of the molecule is COc1cc(C(=O)N2CCCCC2C2OCCO2)cc(Cl)c1OCC(N)=O. The lowest BCUT2D eigenvalue weighted by Gasteiger charge is -2.38. The number of methoxy groups -OCH3 is 1. The first-order valence-electron chi connectivity index (χ1n) is 8.84. The first-order chi connectivity index (χ1) is 13.0. The number of carbonyl (C=O) groups is 2. The minimum absolute atomic E-state index is 0.135. The van der Waals surface area contributed by atoms with E-state index in [1.807, 2.05) is 0 Å². The Kier molecular flexibility index (Phi) is 6.41. The molecule has 2 amide bonds. The zero-order valence-electron chi connectivity index (χ0n) is 15.1. The van der Waals surface area contributed by atoms with E-state index in [0.717, 1.165) is 19.3 Å². The summed E-state index contributed by atoms with van der Waals surface area (Å²) in [6.45, 7) is 1.35. The summed E-state index contributed by atoms with van der Waals surface area (Å²) in [4.78, 5) is 25.9. The Hall–Kier alpha value is -2.03. The Labute approximate surface area is 162 Å². The van der Waals surface area contributed by atoms with Crippen LogP contribution < -0.4 is 15.2 Å². The number of likely N-dealkylation sites (tertiary alicyclic amines) is 1. The van der Waals surface area contributed by atoms with Crippen molar-refractivity contribution in [3.05, 3.63) is 22.7 Å². The molecule has 1 atom stereocenters. The summed E-state index contributed by atoms with van der Waals surface area (Å²) in [6.07, 6.45) is 2.35. The maximum absolute atomic E-state index is 13.2. The van der Waals surface area contributed by atoms with E-state index in [1.165, 1.54) is 13.2 Å². The number of hydrogen-bond donors (Lipinski definition) is 1. The molecule has 0 aromatic heterocycles. The van der Waals surface area contributed by atoms with Crippen molar-refractivity contribution in [2.75, 3.05) is 33.5 Å². The smallest absolute Gasteiger partial charge is 0.255 e. The number of carbonyl (C=O) groups excluding carboxylic acids is 2. The van der Waals surface area contributed by atoms with E-state index in [-0.39, 0.29) is 35.1 Å². The van der Waals surface area contributed by atoms with Crippen molar-refractivity contribution in [3.8, 4) is 11.5 Å². The lowest BCUT2D eigenvalue weighted by atomic mass is 10.00. The van der Waals surface area contributed by atoms with Gasteiger partial charge in [-0.15, -0.1) is 0 Å². The highest BCUT2D eigenvalue weighted by Crippen LogP contribution is 2.37. The number of piperidine rings is 1. The van der Waals surface area contributed by atoms with Crippen LogP contribution in [0.1, 0.15) is 29.6 Å². The van der Waals surface area contributed by atoms with Gasteiger partial charge in [-0.3, -0.25) is 9.59 Å². The average Bonchev–Trinajstić information content (AvgIpc) is 3.20. The van der Waals surface area contributed by atoms with Crippen LogP contribution in [0.3, 0.4) is 0 Å². The van der Waals surface area contributed by atoms with Crippen molar-refractivity contribution >= 4 is 23.4 Å². The van der Waals surface area contributed by atoms with Crippen LogP contribution in [0.4, 0.5) is 0 Å². The first-order valence-corrected chi connectivity index (χ1v) is 9.22. The topological polar surface area (TPSA) is 100 Å². The summed E-state index contributed by atoms with van der Waals surface area (Å²) in [5.41, 5.74) is 5.47. The predicted octanol–water partition coefficient (Wildman–Crippen LogP) is 1.58. The second-order valence-corrected chi connectivity index (χ2v) is 6.82. The highest BCUT2D eigenvalue weighted by molar-refractivity contribution is 6.32. The summed E-state index contributed by atoms with van der Waals surface area (Å²) < 4.78 is 21.8. The van der Waals surface area contributed by atoms with Crippen LogP contribution in [-0.4, -0.2) is 62.5 Å². The second-order valence-electron chi connectivity index (χ2n) is 6.42. The molecular weight excluding hydrogens is 376 g/mol. The molecule has 2 N–H and O–H groups in total. The standard InChI is InChI=1S/C18H23ClN2O6/c1-24-14-9-11(8-12(19)16(14)27-10-15(20)22)17(23)21-5-3-2-4-13(21)18-25-6-7-26-18/h8-9,13,18H,2-7,10H2,1H3,(H2,20,22). The molecule has 0 aliphatic carbocycles. The summed E-state index contributed by atoms with van der Waals surface area (Å²) in [7, 11) is 1.43. The van der Waals surface area contributed by atoms with E-state index in [9.17, 15) is 9.59 Å². The van der Waals surface area contributed by atoms with Gasteiger partial charge in [0.15, 0.2) is 24.4 Å². The summed E-state index contributed by atoms with van der Waals surface area (Å²) in [6, 6.07) is 2.92. The van der Waals surface area contributed by atoms with Crippen LogP contribution >= 0.6 is 11.6 Å². The molecule has 0 bridgehead atoms. The van der Waals surface area contributed by atoms with Gasteiger partial charge in [0.1, 0.15) is 0 Å². The third-order valence-electron chi connectivity index (χ3n) is 4.61. The molecule has 2 heterocycles. The van der Waals surface area contributed by atoms with Gasteiger partial charge in [-0.2, -0.15) is 0 Å². The lowest BCUT2D eigenvalue weighted by Crippen LogP contribution is -2.50. The molecule has 0 saturated carbocycles. The Balaban J connectivity index is 1.84. The van der Waals surface area contributed by atoms with Crippen LogP contribution in [0.2, 0.25) is 5.02 Å². The van der Waals surface area contributed by atoms with Crippen molar-refractivity contribution in [2.24, 2.45) is 5.73 Å². The lowest BCUT2D eigenvalue weighted by molar-refractivity contribution is -0.119. The van der Waals surface area contributed by atoms with Crippen LogP contribution in [0.15, 0.2) is 12.1 Å². The molecule has 1 unspecified atom stereocenters. The van der Waals surface area contributed by atoms with Gasteiger partial charge in [-0.1, -0.05) is 11.6 Å². The molecule has 2 aliphatic rings. The van der Waals surface area contributed by atoms with E-state index < -0.39 is 12.2 Å². The molecule has 3 rings (SSSR count). The summed E-state index contributed by atoms with van der Waals surface area (Å²) >= 11 is 6.27. The quantitative estimate of drug-likeness (QED) is 0.780. The van der Waals surface area contributed by atoms with Crippen LogP contribution in [0, 0.1) is 0 Å². The summed E-state index contributed by atoms with van der Waals surface area (Å²) in [5.74, 6) is -0.386. The molecule has 27 heavy (non-hydrogen) atoms. The molecule has 0 spiro atoms. The number of nitrogens with zero attached hydrogens (tertiary/aromatic N) is 1. The maximum atomic E-state index is 13.2. The molecular formula is C18H23ClN2O6. The highest BCUT2D eigenvalue weighted by Gasteiger charge is 2.37. The number of rotatable bonds is 6. The zero-order chi connectivity index (χ0) is 19.4. The van der Waals surface area contributed by atoms with Gasteiger partial charge >= 0.3 is 0 Å². The predicted molar refractivity (Wildman–Crippen MR) is 97.1 cm³/mol. The molecule has 1 aromatic carbocycles. The van der Waals surface area contributed by atoms with Crippen LogP contribution in [-0.2, 0) is 14.3 Å². The molecule has 8 nitrogen and oxygen atoms in total. The minimum Gasteiger partial charge on any atom is -0.493 e. The number of benzene rings is 1. The largest absolute Gasteiger partial charge is 0.493 e. The Morgan fingerprint density at radius 3 is 2.70 bits per heavy atom. The van der Waals surface area contributed by atoms with E-state index >= 15 is 0 Å². The van der Waals surface area contributed by atoms with Gasteiger partial charge in [0.2, 0.25) is 0 Å². The first kappa shape index (κ1) is 19.7. The van der Waals surface area contributed by atoms with E-state index in [0.29, 0.717) is 25.3 Å². The Morgan fingerprint density at radius 1 is 1.30 bits per heavy atom. The third kappa shape index (κ3) is 4.45. The Morgan fingerprint density at radius 2 is 2.04 bits per heavy atom. The fourth-order valence-electron chi connectivity index (χ4n) is 3.38. The van der Waals surface area contributed by atoms with E-state index in [1.54, 1.807) is 11.0 Å². The molecule has 2 saturated heterocycles. The fraction of sp³-hybridized carbons (Fsp3) is 0.556. The fourth-order valence-corrected chi connectivity index (χ4v) is 3.65. The molecule has 1 aromatic rings. The van der Waals surface area contributed by atoms with Crippen molar-refractivity contribution in [1.29, 1.82) is 0 Å². The number of halogens is 1. The number of hydrogen-bond acceptors (Lipinski definition) is 6. The van der Waals surface area contributed by atoms with Crippen LogP contribution in [0.5, 0.6) is 11.5 Å². The molecule has 2 fully saturated rings. The van der Waals surface area contributed by atoms with Gasteiger partial charge in [-0.25, -0.2) is 0 Å². The molecule has 9 heteroatoms. The van der Waals surface area contributed by atoms with Crippen LogP contribution in [0.25, 0.3) is 0 Å². The van der Waals surface area contributed by atoms with Crippen molar-refractivity contribution in [1.82, 2.24) is 4.90 Å². The Bertz CT molecular complexity index is 707. The zero-order valence-corrected chi connectivity index (χ0v) is 15.9. The molecule has 148 valence electrons. The van der Waals surface area contributed by atoms with E-state index in [2.05, 4.69) is 0 Å². The molecule has 0 radical (unpaired) electrons. The van der Waals surface area contributed by atoms with E-state index in [4.69, 9.17) is 36.3 Å². The number of nitrogens with two attached hydrogens (primary N) is 1. The van der Waals surface area contributed by atoms with Crippen molar-refractivity contribution in [3.63, 3.8) is 0 Å². The van der Waals surface area contributed by atoms with Gasteiger partial charge in [0.25, 0.3) is 11.8 Å². The van der Waals surface area contributed by atoms with Crippen molar-refractivity contribution in [2.45, 2.75) is 31.6 Å². The highest BCUT2D eigenvalue weighted by atomic mass is 35.5. The number of primary amides is 1. The number of amides is 2.